The third-order valence-electron chi connectivity index (χ3n) is 4.63. The van der Waals surface area contributed by atoms with Gasteiger partial charge in [0, 0.05) is 20.0 Å². The number of hydrogen-bond acceptors (Lipinski definition) is 3. The van der Waals surface area contributed by atoms with Gasteiger partial charge in [-0.25, -0.2) is 4.99 Å². The van der Waals surface area contributed by atoms with Crippen molar-refractivity contribution >= 4 is 11.9 Å². The molecule has 0 saturated carbocycles. The van der Waals surface area contributed by atoms with E-state index in [1.807, 2.05) is 0 Å². The molecule has 6 heteroatoms. The third kappa shape index (κ3) is 11.0. The molecule has 0 saturated heterocycles. The molecule has 0 atom stereocenters. The van der Waals surface area contributed by atoms with Crippen LogP contribution in [0.25, 0.3) is 0 Å². The summed E-state index contributed by atoms with van der Waals surface area (Å²) in [6.07, 6.45) is 9.81. The molecule has 1 amide bonds. The van der Waals surface area contributed by atoms with Crippen molar-refractivity contribution in [2.75, 3.05) is 20.3 Å². The minimum atomic E-state index is -0.150. The monoisotopic (exact) mass is 356 g/mol. The van der Waals surface area contributed by atoms with Crippen LogP contribution in [0.15, 0.2) is 4.99 Å². The predicted molar refractivity (Wildman–Crippen MR) is 105 cm³/mol. The summed E-state index contributed by atoms with van der Waals surface area (Å²) in [5.41, 5.74) is 6.04. The third-order valence-corrected chi connectivity index (χ3v) is 4.63. The van der Waals surface area contributed by atoms with Crippen LogP contribution < -0.4 is 11.1 Å². The van der Waals surface area contributed by atoms with Crippen LogP contribution in [0.4, 0.5) is 0 Å². The van der Waals surface area contributed by atoms with Gasteiger partial charge in [0.2, 0.25) is 5.91 Å². The van der Waals surface area contributed by atoms with Crippen molar-refractivity contribution in [3.63, 3.8) is 0 Å². The number of carbonyl (C=O) groups is 1. The van der Waals surface area contributed by atoms with Gasteiger partial charge in [0.1, 0.15) is 6.73 Å². The van der Waals surface area contributed by atoms with E-state index in [-0.39, 0.29) is 18.2 Å². The molecule has 0 radical (unpaired) electrons. The Kier molecular flexibility index (Phi) is 13.2. The Labute approximate surface area is 154 Å². The van der Waals surface area contributed by atoms with E-state index in [4.69, 9.17) is 10.7 Å². The Bertz CT molecular complexity index is 378. The van der Waals surface area contributed by atoms with Crippen LogP contribution in [0.5, 0.6) is 0 Å². The lowest BCUT2D eigenvalue weighted by Crippen LogP contribution is -2.41. The summed E-state index contributed by atoms with van der Waals surface area (Å²) in [7, 11) is 1.65. The number of aliphatic imine (C=N–C) groups is 1. The van der Waals surface area contributed by atoms with Crippen LogP contribution in [0.2, 0.25) is 0 Å². The maximum absolute atomic E-state index is 11.2. The largest absolute Gasteiger partial charge is 0.376 e. The van der Waals surface area contributed by atoms with Gasteiger partial charge in [0.05, 0.1) is 5.54 Å². The molecule has 148 valence electrons. The summed E-state index contributed by atoms with van der Waals surface area (Å²) < 4.78 is 0. The van der Waals surface area contributed by atoms with Gasteiger partial charge in [-0.05, 0) is 32.6 Å². The van der Waals surface area contributed by atoms with Gasteiger partial charge in [-0.1, -0.05) is 46.0 Å². The van der Waals surface area contributed by atoms with E-state index in [1.165, 1.54) is 0 Å². The van der Waals surface area contributed by atoms with Crippen molar-refractivity contribution in [1.82, 2.24) is 10.2 Å². The molecule has 0 rings (SSSR count). The highest BCUT2D eigenvalue weighted by Crippen LogP contribution is 2.25. The average Bonchev–Trinajstić information content (AvgIpc) is 2.60. The first-order chi connectivity index (χ1) is 11.9. The summed E-state index contributed by atoms with van der Waals surface area (Å²) in [4.78, 5) is 17.7. The number of nitrogens with zero attached hydrogens (tertiary/aromatic N) is 2. The Morgan fingerprint density at radius 3 is 2.20 bits per heavy atom. The van der Waals surface area contributed by atoms with Crippen LogP contribution in [0.1, 0.15) is 85.0 Å². The van der Waals surface area contributed by atoms with E-state index in [0.717, 1.165) is 57.8 Å². The predicted octanol–water partition coefficient (Wildman–Crippen LogP) is 3.00. The maximum Gasteiger partial charge on any atom is 0.219 e. The number of guanidine groups is 1. The number of aliphatic hydroxyl groups excluding tert-OH is 1. The van der Waals surface area contributed by atoms with Gasteiger partial charge in [-0.15, -0.1) is 0 Å². The van der Waals surface area contributed by atoms with E-state index < -0.39 is 0 Å². The van der Waals surface area contributed by atoms with Crippen molar-refractivity contribution in [2.24, 2.45) is 10.7 Å². The molecule has 0 aromatic carbocycles. The molecule has 0 unspecified atom stereocenters. The molecule has 0 aliphatic heterocycles. The molecular formula is C19H40N4O2. The standard InChI is InChI=1S/C19H40N4O2/c1-5-7-13-19(3,14-8-6-2)22-18(20)23(16-24)15-11-9-10-12-17(25)21-4/h24H,5-16H2,1-4H3,(H2,20,22)(H,21,25). The highest BCUT2D eigenvalue weighted by atomic mass is 16.3. The zero-order valence-electron chi connectivity index (χ0n) is 16.8. The van der Waals surface area contributed by atoms with Crippen LogP contribution in [-0.2, 0) is 4.79 Å². The highest BCUT2D eigenvalue weighted by Gasteiger charge is 2.23. The molecule has 0 fully saturated rings. The van der Waals surface area contributed by atoms with E-state index in [0.29, 0.717) is 18.9 Å². The maximum atomic E-state index is 11.2. The topological polar surface area (TPSA) is 90.9 Å². The van der Waals surface area contributed by atoms with Crippen molar-refractivity contribution < 1.29 is 9.90 Å². The molecule has 0 bridgehead atoms. The molecule has 0 aromatic heterocycles. The summed E-state index contributed by atoms with van der Waals surface area (Å²) in [5.74, 6) is 0.506. The summed E-state index contributed by atoms with van der Waals surface area (Å²) >= 11 is 0. The van der Waals surface area contributed by atoms with Gasteiger partial charge in [-0.3, -0.25) is 4.79 Å². The SMILES string of the molecule is CCCCC(C)(CCCC)N=C(N)N(CO)CCCCCC(=O)NC. The Hall–Kier alpha value is -1.30. The Morgan fingerprint density at radius 2 is 1.72 bits per heavy atom. The lowest BCUT2D eigenvalue weighted by atomic mass is 9.90. The van der Waals surface area contributed by atoms with Crippen LogP contribution in [0.3, 0.4) is 0 Å². The quantitative estimate of drug-likeness (QED) is 0.193. The van der Waals surface area contributed by atoms with E-state index >= 15 is 0 Å². The lowest BCUT2D eigenvalue weighted by Gasteiger charge is -2.29. The van der Waals surface area contributed by atoms with E-state index in [9.17, 15) is 9.90 Å². The first-order valence-electron chi connectivity index (χ1n) is 9.84. The Morgan fingerprint density at radius 1 is 1.12 bits per heavy atom. The number of unbranched alkanes of at least 4 members (excludes halogenated alkanes) is 4. The second kappa shape index (κ2) is 13.9. The summed E-state index contributed by atoms with van der Waals surface area (Å²) in [5, 5.41) is 12.3. The lowest BCUT2D eigenvalue weighted by molar-refractivity contribution is -0.120. The number of carbonyl (C=O) groups excluding carboxylic acids is 1. The fourth-order valence-electron chi connectivity index (χ4n) is 2.85. The second-order valence-corrected chi connectivity index (χ2v) is 7.06. The van der Waals surface area contributed by atoms with Crippen LogP contribution >= 0.6 is 0 Å². The highest BCUT2D eigenvalue weighted by molar-refractivity contribution is 5.78. The fraction of sp³-hybridized carbons (Fsp3) is 0.895. The van der Waals surface area contributed by atoms with Gasteiger partial charge in [0.15, 0.2) is 5.96 Å². The first-order valence-corrected chi connectivity index (χ1v) is 9.84. The molecule has 6 nitrogen and oxygen atoms in total. The van der Waals surface area contributed by atoms with Gasteiger partial charge in [-0.2, -0.15) is 0 Å². The van der Waals surface area contributed by atoms with Crippen molar-refractivity contribution in [3.05, 3.63) is 0 Å². The average molecular weight is 357 g/mol. The van der Waals surface area contributed by atoms with Gasteiger partial charge in [0.25, 0.3) is 0 Å². The smallest absolute Gasteiger partial charge is 0.219 e. The number of nitrogens with two attached hydrogens (primary N) is 1. The molecule has 25 heavy (non-hydrogen) atoms. The fourth-order valence-corrected chi connectivity index (χ4v) is 2.85. The zero-order valence-corrected chi connectivity index (χ0v) is 16.8. The number of aliphatic hydroxyl groups is 1. The first kappa shape index (κ1) is 23.7. The van der Waals surface area contributed by atoms with Crippen LogP contribution in [-0.4, -0.2) is 47.7 Å². The zero-order chi connectivity index (χ0) is 19.1. The number of nitrogens with one attached hydrogen (secondary N) is 1. The minimum absolute atomic E-state index is 0.0719. The molecule has 0 aliphatic carbocycles. The normalized spacial score (nSPS) is 12.3. The molecule has 0 aliphatic rings. The second-order valence-electron chi connectivity index (χ2n) is 7.06. The molecule has 0 spiro atoms. The van der Waals surface area contributed by atoms with Crippen LogP contribution in [0, 0.1) is 0 Å². The summed E-state index contributed by atoms with van der Waals surface area (Å²) in [6.45, 7) is 7.09. The van der Waals surface area contributed by atoms with Gasteiger partial charge < -0.3 is 21.1 Å². The number of amides is 1. The van der Waals surface area contributed by atoms with E-state index in [2.05, 4.69) is 26.1 Å². The minimum Gasteiger partial charge on any atom is -0.376 e. The molecule has 0 heterocycles. The van der Waals surface area contributed by atoms with Crippen molar-refractivity contribution in [2.45, 2.75) is 90.5 Å². The van der Waals surface area contributed by atoms with Crippen molar-refractivity contribution in [1.29, 1.82) is 0 Å². The summed E-state index contributed by atoms with van der Waals surface area (Å²) in [6, 6.07) is 0. The molecule has 0 aromatic rings. The van der Waals surface area contributed by atoms with Crippen molar-refractivity contribution in [3.8, 4) is 0 Å². The number of rotatable bonds is 14. The number of hydrogen-bond donors (Lipinski definition) is 3. The van der Waals surface area contributed by atoms with E-state index in [1.54, 1.807) is 11.9 Å². The van der Waals surface area contributed by atoms with Gasteiger partial charge >= 0.3 is 0 Å². The molecule has 4 N–H and O–H groups in total. The molecular weight excluding hydrogens is 316 g/mol. The Balaban J connectivity index is 4.59.